The predicted molar refractivity (Wildman–Crippen MR) is 126 cm³/mol. The summed E-state index contributed by atoms with van der Waals surface area (Å²) >= 11 is 18.4. The molecule has 0 heterocycles. The summed E-state index contributed by atoms with van der Waals surface area (Å²) in [7, 11) is 0. The molecule has 1 unspecified atom stereocenters. The third kappa shape index (κ3) is 7.60. The van der Waals surface area contributed by atoms with Crippen LogP contribution < -0.4 is 10.1 Å². The standard InChI is InChI=1S/C23H27Cl3N2O3/c1-3-5-12-27-23(30)20(4-2)28(14-16-8-6-7-9-18(16)25)22(29)15-31-21-11-10-17(24)13-19(21)26/h6-11,13,20H,3-5,12,14-15H2,1-2H3,(H,27,30). The molecule has 1 N–H and O–H groups in total. The van der Waals surface area contributed by atoms with Crippen LogP contribution in [0.15, 0.2) is 42.5 Å². The van der Waals surface area contributed by atoms with E-state index in [4.69, 9.17) is 39.5 Å². The van der Waals surface area contributed by atoms with E-state index >= 15 is 0 Å². The van der Waals surface area contributed by atoms with Crippen molar-refractivity contribution in [2.24, 2.45) is 0 Å². The molecule has 2 aromatic rings. The Balaban J connectivity index is 2.21. The minimum absolute atomic E-state index is 0.190. The van der Waals surface area contributed by atoms with E-state index in [1.807, 2.05) is 25.1 Å². The van der Waals surface area contributed by atoms with Gasteiger partial charge >= 0.3 is 0 Å². The molecule has 0 radical (unpaired) electrons. The van der Waals surface area contributed by atoms with Gasteiger partial charge in [0.25, 0.3) is 5.91 Å². The molecule has 0 aromatic heterocycles. The Bertz CT molecular complexity index is 892. The molecule has 31 heavy (non-hydrogen) atoms. The lowest BCUT2D eigenvalue weighted by molar-refractivity contribution is -0.143. The number of carbonyl (C=O) groups excluding carboxylic acids is 2. The second-order valence-electron chi connectivity index (χ2n) is 7.05. The van der Waals surface area contributed by atoms with Gasteiger partial charge in [0.2, 0.25) is 5.91 Å². The lowest BCUT2D eigenvalue weighted by atomic mass is 10.1. The number of nitrogens with zero attached hydrogens (tertiary/aromatic N) is 1. The van der Waals surface area contributed by atoms with Gasteiger partial charge in [0.1, 0.15) is 11.8 Å². The summed E-state index contributed by atoms with van der Waals surface area (Å²) in [6, 6.07) is 11.4. The molecular weight excluding hydrogens is 459 g/mol. The van der Waals surface area contributed by atoms with Crippen molar-refractivity contribution in [1.29, 1.82) is 0 Å². The Labute approximate surface area is 198 Å². The van der Waals surface area contributed by atoms with Gasteiger partial charge in [-0.05, 0) is 42.7 Å². The van der Waals surface area contributed by atoms with Crippen molar-refractivity contribution in [2.45, 2.75) is 45.7 Å². The van der Waals surface area contributed by atoms with Gasteiger partial charge in [-0.15, -0.1) is 0 Å². The molecule has 0 saturated carbocycles. The summed E-state index contributed by atoms with van der Waals surface area (Å²) in [6.07, 6.45) is 2.30. The minimum Gasteiger partial charge on any atom is -0.482 e. The first kappa shape index (κ1) is 25.3. The lowest BCUT2D eigenvalue weighted by Crippen LogP contribution is -2.50. The van der Waals surface area contributed by atoms with Crippen molar-refractivity contribution in [1.82, 2.24) is 10.2 Å². The fraction of sp³-hybridized carbons (Fsp3) is 0.391. The molecule has 0 fully saturated rings. The monoisotopic (exact) mass is 484 g/mol. The number of carbonyl (C=O) groups is 2. The predicted octanol–water partition coefficient (Wildman–Crippen LogP) is 5.75. The van der Waals surface area contributed by atoms with Crippen LogP contribution in [0.1, 0.15) is 38.7 Å². The molecule has 2 aromatic carbocycles. The van der Waals surface area contributed by atoms with Gasteiger partial charge in [0.05, 0.1) is 5.02 Å². The number of hydrogen-bond donors (Lipinski definition) is 1. The molecule has 0 aliphatic carbocycles. The van der Waals surface area contributed by atoms with Crippen LogP contribution in [-0.4, -0.2) is 35.9 Å². The normalized spacial score (nSPS) is 11.6. The maximum atomic E-state index is 13.2. The fourth-order valence-electron chi connectivity index (χ4n) is 3.05. The first-order valence-electron chi connectivity index (χ1n) is 10.3. The number of halogens is 3. The molecule has 0 aliphatic rings. The zero-order valence-corrected chi connectivity index (χ0v) is 19.9. The number of rotatable bonds is 11. The highest BCUT2D eigenvalue weighted by molar-refractivity contribution is 6.35. The highest BCUT2D eigenvalue weighted by Gasteiger charge is 2.29. The first-order valence-corrected chi connectivity index (χ1v) is 11.4. The Morgan fingerprint density at radius 2 is 1.81 bits per heavy atom. The molecule has 0 saturated heterocycles. The van der Waals surface area contributed by atoms with E-state index in [-0.39, 0.29) is 25.0 Å². The van der Waals surface area contributed by atoms with Gasteiger partial charge in [-0.3, -0.25) is 9.59 Å². The maximum absolute atomic E-state index is 13.2. The molecular formula is C23H27Cl3N2O3. The van der Waals surface area contributed by atoms with Crippen LogP contribution in [0.2, 0.25) is 15.1 Å². The summed E-state index contributed by atoms with van der Waals surface area (Å²) in [6.45, 7) is 4.40. The molecule has 0 spiro atoms. The summed E-state index contributed by atoms with van der Waals surface area (Å²) in [5.41, 5.74) is 0.752. The van der Waals surface area contributed by atoms with E-state index in [1.165, 1.54) is 4.90 Å². The van der Waals surface area contributed by atoms with Crippen LogP contribution in [-0.2, 0) is 16.1 Å². The average molecular weight is 486 g/mol. The van der Waals surface area contributed by atoms with Gasteiger partial charge in [-0.1, -0.05) is 73.3 Å². The third-order valence-electron chi connectivity index (χ3n) is 4.76. The summed E-state index contributed by atoms with van der Waals surface area (Å²) in [5.74, 6) is -0.193. The van der Waals surface area contributed by atoms with E-state index in [0.29, 0.717) is 33.8 Å². The van der Waals surface area contributed by atoms with Crippen LogP contribution in [0.25, 0.3) is 0 Å². The quantitative estimate of drug-likeness (QED) is 0.412. The first-order chi connectivity index (χ1) is 14.9. The highest BCUT2D eigenvalue weighted by atomic mass is 35.5. The highest BCUT2D eigenvalue weighted by Crippen LogP contribution is 2.28. The summed E-state index contributed by atoms with van der Waals surface area (Å²) < 4.78 is 5.63. The molecule has 0 aliphatic heterocycles. The van der Waals surface area contributed by atoms with Crippen LogP contribution in [0, 0.1) is 0 Å². The van der Waals surface area contributed by atoms with Gasteiger partial charge in [0, 0.05) is 23.1 Å². The lowest BCUT2D eigenvalue weighted by Gasteiger charge is -2.31. The van der Waals surface area contributed by atoms with Crippen molar-refractivity contribution in [2.75, 3.05) is 13.2 Å². The topological polar surface area (TPSA) is 58.6 Å². The number of amides is 2. The van der Waals surface area contributed by atoms with Gasteiger partial charge in [-0.25, -0.2) is 0 Å². The van der Waals surface area contributed by atoms with Crippen molar-refractivity contribution in [3.05, 3.63) is 63.1 Å². The molecule has 0 bridgehead atoms. The number of hydrogen-bond acceptors (Lipinski definition) is 3. The molecule has 5 nitrogen and oxygen atoms in total. The van der Waals surface area contributed by atoms with E-state index in [1.54, 1.807) is 24.3 Å². The van der Waals surface area contributed by atoms with Crippen molar-refractivity contribution in [3.63, 3.8) is 0 Å². The zero-order valence-electron chi connectivity index (χ0n) is 17.7. The summed E-state index contributed by atoms with van der Waals surface area (Å²) in [4.78, 5) is 27.5. The van der Waals surface area contributed by atoms with Crippen LogP contribution in [0.3, 0.4) is 0 Å². The molecule has 1 atom stereocenters. The Morgan fingerprint density at radius 3 is 2.45 bits per heavy atom. The number of nitrogens with one attached hydrogen (secondary N) is 1. The average Bonchev–Trinajstić information content (AvgIpc) is 2.74. The summed E-state index contributed by atoms with van der Waals surface area (Å²) in [5, 5.41) is 4.23. The van der Waals surface area contributed by atoms with Gasteiger partial charge < -0.3 is 15.0 Å². The van der Waals surface area contributed by atoms with Crippen molar-refractivity contribution >= 4 is 46.6 Å². The fourth-order valence-corrected chi connectivity index (χ4v) is 3.71. The van der Waals surface area contributed by atoms with Gasteiger partial charge in [0.15, 0.2) is 6.61 Å². The largest absolute Gasteiger partial charge is 0.482 e. The zero-order chi connectivity index (χ0) is 22.8. The second kappa shape index (κ2) is 12.8. The Hall–Kier alpha value is -1.95. The minimum atomic E-state index is -0.648. The Kier molecular flexibility index (Phi) is 10.4. The molecule has 2 rings (SSSR count). The molecule has 168 valence electrons. The van der Waals surface area contributed by atoms with E-state index in [2.05, 4.69) is 12.2 Å². The smallest absolute Gasteiger partial charge is 0.261 e. The molecule has 2 amide bonds. The van der Waals surface area contributed by atoms with Gasteiger partial charge in [-0.2, -0.15) is 0 Å². The van der Waals surface area contributed by atoms with Crippen LogP contribution in [0.4, 0.5) is 0 Å². The Morgan fingerprint density at radius 1 is 1.06 bits per heavy atom. The van der Waals surface area contributed by atoms with E-state index in [0.717, 1.165) is 18.4 Å². The van der Waals surface area contributed by atoms with E-state index in [9.17, 15) is 9.59 Å². The maximum Gasteiger partial charge on any atom is 0.261 e. The molecule has 8 heteroatoms. The number of benzene rings is 2. The van der Waals surface area contributed by atoms with Crippen LogP contribution in [0.5, 0.6) is 5.75 Å². The van der Waals surface area contributed by atoms with Crippen molar-refractivity contribution < 1.29 is 14.3 Å². The van der Waals surface area contributed by atoms with Crippen molar-refractivity contribution in [3.8, 4) is 5.75 Å². The third-order valence-corrected chi connectivity index (χ3v) is 5.66. The van der Waals surface area contributed by atoms with E-state index < -0.39 is 6.04 Å². The number of unbranched alkanes of at least 4 members (excludes halogenated alkanes) is 1. The number of ether oxygens (including phenoxy) is 1. The van der Waals surface area contributed by atoms with Crippen LogP contribution >= 0.6 is 34.8 Å². The SMILES string of the molecule is CCCCNC(=O)C(CC)N(Cc1ccccc1Cl)C(=O)COc1ccc(Cl)cc1Cl. The second-order valence-corrected chi connectivity index (χ2v) is 8.30.